The third-order valence-corrected chi connectivity index (χ3v) is 2.85. The van der Waals surface area contributed by atoms with E-state index in [1.165, 1.54) is 12.8 Å². The number of nitrogens with one attached hydrogen (secondary N) is 2. The maximum atomic E-state index is 8.97. The molecule has 1 unspecified atom stereocenters. The molecule has 84 valence electrons. The molecule has 4 nitrogen and oxygen atoms in total. The van der Waals surface area contributed by atoms with Gasteiger partial charge in [0, 0.05) is 18.8 Å². The lowest BCUT2D eigenvalue weighted by atomic mass is 10.1. The number of nitrogens with zero attached hydrogens (tertiary/aromatic N) is 2. The van der Waals surface area contributed by atoms with E-state index in [0.717, 1.165) is 25.2 Å². The molecule has 0 bridgehead atoms. The van der Waals surface area contributed by atoms with Crippen LogP contribution in [0.5, 0.6) is 0 Å². The molecule has 4 heteroatoms. The third-order valence-electron chi connectivity index (χ3n) is 2.85. The van der Waals surface area contributed by atoms with E-state index in [1.54, 1.807) is 18.5 Å². The third kappa shape index (κ3) is 2.71. The van der Waals surface area contributed by atoms with Crippen LogP contribution in [0.1, 0.15) is 24.8 Å². The fraction of sp³-hybridized carbons (Fsp3) is 0.500. The normalized spacial score (nSPS) is 20.8. The van der Waals surface area contributed by atoms with E-state index in [2.05, 4.69) is 21.7 Å². The van der Waals surface area contributed by atoms with Crippen LogP contribution < -0.4 is 10.6 Å². The second-order valence-electron chi connectivity index (χ2n) is 4.07. The molecule has 0 radical (unpaired) electrons. The van der Waals surface area contributed by atoms with Crippen molar-refractivity contribution in [3.8, 4) is 6.07 Å². The molecular formula is C12H16N4. The Bertz CT molecular complexity index is 375. The van der Waals surface area contributed by atoms with Crippen molar-refractivity contribution in [1.29, 1.82) is 5.26 Å². The molecule has 0 spiro atoms. The Morgan fingerprint density at radius 3 is 3.31 bits per heavy atom. The van der Waals surface area contributed by atoms with E-state index in [-0.39, 0.29) is 0 Å². The van der Waals surface area contributed by atoms with Gasteiger partial charge >= 0.3 is 0 Å². The first-order valence-electron chi connectivity index (χ1n) is 5.71. The molecule has 1 aliphatic heterocycles. The fourth-order valence-electron chi connectivity index (χ4n) is 1.97. The SMILES string of the molecule is N#Cc1ccncc1NC1CCCCNC1. The van der Waals surface area contributed by atoms with Gasteiger partial charge < -0.3 is 10.6 Å². The van der Waals surface area contributed by atoms with E-state index in [0.29, 0.717) is 11.6 Å². The van der Waals surface area contributed by atoms with Gasteiger partial charge in [-0.15, -0.1) is 0 Å². The monoisotopic (exact) mass is 216 g/mol. The van der Waals surface area contributed by atoms with Gasteiger partial charge in [-0.3, -0.25) is 4.98 Å². The van der Waals surface area contributed by atoms with Crippen LogP contribution in [-0.4, -0.2) is 24.1 Å². The van der Waals surface area contributed by atoms with Gasteiger partial charge in [-0.05, 0) is 25.5 Å². The lowest BCUT2D eigenvalue weighted by Gasteiger charge is -2.18. The van der Waals surface area contributed by atoms with Crippen LogP contribution in [-0.2, 0) is 0 Å². The molecule has 1 atom stereocenters. The van der Waals surface area contributed by atoms with Crippen LogP contribution >= 0.6 is 0 Å². The molecular weight excluding hydrogens is 200 g/mol. The summed E-state index contributed by atoms with van der Waals surface area (Å²) in [5.74, 6) is 0. The van der Waals surface area contributed by atoms with Gasteiger partial charge in [0.25, 0.3) is 0 Å². The highest BCUT2D eigenvalue weighted by molar-refractivity contribution is 5.55. The highest BCUT2D eigenvalue weighted by Gasteiger charge is 2.12. The second-order valence-corrected chi connectivity index (χ2v) is 4.07. The van der Waals surface area contributed by atoms with Gasteiger partial charge in [0.1, 0.15) is 6.07 Å². The van der Waals surface area contributed by atoms with Gasteiger partial charge in [0.05, 0.1) is 17.4 Å². The van der Waals surface area contributed by atoms with Gasteiger partial charge in [-0.25, -0.2) is 0 Å². The van der Waals surface area contributed by atoms with Crippen LogP contribution in [0, 0.1) is 11.3 Å². The summed E-state index contributed by atoms with van der Waals surface area (Å²) >= 11 is 0. The van der Waals surface area contributed by atoms with Crippen molar-refractivity contribution in [2.45, 2.75) is 25.3 Å². The summed E-state index contributed by atoms with van der Waals surface area (Å²) in [6, 6.07) is 4.32. The predicted molar refractivity (Wildman–Crippen MR) is 63.1 cm³/mol. The predicted octanol–water partition coefficient (Wildman–Crippen LogP) is 1.51. The lowest BCUT2D eigenvalue weighted by molar-refractivity contribution is 0.635. The molecule has 2 N–H and O–H groups in total. The highest BCUT2D eigenvalue weighted by Crippen LogP contribution is 2.16. The number of rotatable bonds is 2. The lowest BCUT2D eigenvalue weighted by Crippen LogP contribution is -2.31. The summed E-state index contributed by atoms with van der Waals surface area (Å²) in [7, 11) is 0. The van der Waals surface area contributed by atoms with Gasteiger partial charge in [-0.1, -0.05) is 6.42 Å². The maximum Gasteiger partial charge on any atom is 0.101 e. The van der Waals surface area contributed by atoms with Gasteiger partial charge in [0.2, 0.25) is 0 Å². The first-order chi connectivity index (χ1) is 7.90. The highest BCUT2D eigenvalue weighted by atomic mass is 15.0. The molecule has 1 aromatic rings. The Kier molecular flexibility index (Phi) is 3.73. The number of hydrogen-bond acceptors (Lipinski definition) is 4. The van der Waals surface area contributed by atoms with Crippen molar-refractivity contribution < 1.29 is 0 Å². The molecule has 1 aromatic heterocycles. The van der Waals surface area contributed by atoms with E-state index < -0.39 is 0 Å². The topological polar surface area (TPSA) is 60.7 Å². The number of hydrogen-bond donors (Lipinski definition) is 2. The summed E-state index contributed by atoms with van der Waals surface area (Å²) in [4.78, 5) is 4.05. The largest absolute Gasteiger partial charge is 0.379 e. The summed E-state index contributed by atoms with van der Waals surface area (Å²) in [5.41, 5.74) is 1.51. The molecule has 2 heterocycles. The van der Waals surface area contributed by atoms with Crippen molar-refractivity contribution in [2.75, 3.05) is 18.4 Å². The Balaban J connectivity index is 2.05. The number of aromatic nitrogens is 1. The van der Waals surface area contributed by atoms with Crippen molar-refractivity contribution in [2.24, 2.45) is 0 Å². The number of nitriles is 1. The van der Waals surface area contributed by atoms with Crippen LogP contribution in [0.2, 0.25) is 0 Å². The molecule has 0 saturated carbocycles. The minimum absolute atomic E-state index is 0.402. The Labute approximate surface area is 95.7 Å². The van der Waals surface area contributed by atoms with Crippen LogP contribution in [0.15, 0.2) is 18.5 Å². The fourth-order valence-corrected chi connectivity index (χ4v) is 1.97. The van der Waals surface area contributed by atoms with Crippen molar-refractivity contribution in [3.63, 3.8) is 0 Å². The number of anilines is 1. The molecule has 0 aromatic carbocycles. The second kappa shape index (κ2) is 5.47. The van der Waals surface area contributed by atoms with Gasteiger partial charge in [0.15, 0.2) is 0 Å². The van der Waals surface area contributed by atoms with E-state index in [9.17, 15) is 0 Å². The van der Waals surface area contributed by atoms with Crippen molar-refractivity contribution in [3.05, 3.63) is 24.0 Å². The van der Waals surface area contributed by atoms with Gasteiger partial charge in [-0.2, -0.15) is 5.26 Å². The molecule has 0 amide bonds. The average molecular weight is 216 g/mol. The van der Waals surface area contributed by atoms with Crippen LogP contribution in [0.3, 0.4) is 0 Å². The average Bonchev–Trinajstić information content (AvgIpc) is 2.58. The zero-order chi connectivity index (χ0) is 11.2. The van der Waals surface area contributed by atoms with Crippen LogP contribution in [0.4, 0.5) is 5.69 Å². The van der Waals surface area contributed by atoms with Crippen molar-refractivity contribution in [1.82, 2.24) is 10.3 Å². The minimum atomic E-state index is 0.402. The molecule has 1 saturated heterocycles. The summed E-state index contributed by atoms with van der Waals surface area (Å²) < 4.78 is 0. The Morgan fingerprint density at radius 2 is 2.44 bits per heavy atom. The Hall–Kier alpha value is -1.60. The number of pyridine rings is 1. The molecule has 2 rings (SSSR count). The standard InChI is InChI=1S/C12H16N4/c13-7-10-4-6-15-9-12(10)16-11-3-1-2-5-14-8-11/h4,6,9,11,14,16H,1-3,5,8H2. The molecule has 0 aliphatic carbocycles. The summed E-state index contributed by atoms with van der Waals surface area (Å²) in [5, 5.41) is 15.8. The summed E-state index contributed by atoms with van der Waals surface area (Å²) in [6.45, 7) is 2.05. The first-order valence-corrected chi connectivity index (χ1v) is 5.71. The maximum absolute atomic E-state index is 8.97. The van der Waals surface area contributed by atoms with E-state index in [1.807, 2.05) is 0 Å². The van der Waals surface area contributed by atoms with E-state index in [4.69, 9.17) is 5.26 Å². The molecule has 16 heavy (non-hydrogen) atoms. The quantitative estimate of drug-likeness (QED) is 0.786. The molecule has 1 fully saturated rings. The first kappa shape index (κ1) is 10.9. The Morgan fingerprint density at radius 1 is 1.50 bits per heavy atom. The zero-order valence-corrected chi connectivity index (χ0v) is 9.24. The zero-order valence-electron chi connectivity index (χ0n) is 9.24. The minimum Gasteiger partial charge on any atom is -0.379 e. The smallest absolute Gasteiger partial charge is 0.101 e. The molecule has 1 aliphatic rings. The van der Waals surface area contributed by atoms with Crippen molar-refractivity contribution >= 4 is 5.69 Å². The van der Waals surface area contributed by atoms with Crippen LogP contribution in [0.25, 0.3) is 0 Å². The van der Waals surface area contributed by atoms with E-state index >= 15 is 0 Å². The summed E-state index contributed by atoms with van der Waals surface area (Å²) in [6.07, 6.45) is 6.98.